The number of hydrogen-bond acceptors (Lipinski definition) is 5. The van der Waals surface area contributed by atoms with Crippen LogP contribution in [0.3, 0.4) is 0 Å². The maximum Gasteiger partial charge on any atom is 0.286 e. The van der Waals surface area contributed by atoms with E-state index in [1.165, 1.54) is 0 Å². The minimum Gasteiger partial charge on any atom is -0.485 e. The van der Waals surface area contributed by atoms with Gasteiger partial charge in [0.1, 0.15) is 5.75 Å². The van der Waals surface area contributed by atoms with Crippen LogP contribution >= 0.6 is 33.3 Å². The molecule has 1 fully saturated rings. The molecule has 26 heavy (non-hydrogen) atoms. The molecule has 8 heteroatoms. The molecule has 2 unspecified atom stereocenters. The number of thioether (sulfide) groups is 1. The fourth-order valence-electron chi connectivity index (χ4n) is 2.36. The number of halogens is 1. The topological polar surface area (TPSA) is 72.5 Å². The summed E-state index contributed by atoms with van der Waals surface area (Å²) >= 11 is 6.87. The lowest BCUT2D eigenvalue weighted by Crippen LogP contribution is -2.25. The van der Waals surface area contributed by atoms with Crippen molar-refractivity contribution in [3.05, 3.63) is 64.7 Å². The number of hydrogen-bond donors (Lipinski definition) is 1. The van der Waals surface area contributed by atoms with Gasteiger partial charge in [0.15, 0.2) is 12.4 Å². The number of ketones is 1. The molecule has 0 radical (unpaired) electrons. The number of nitrogens with one attached hydrogen (secondary N) is 1. The van der Waals surface area contributed by atoms with Crippen LogP contribution in [0.25, 0.3) is 0 Å². The third kappa shape index (κ3) is 5.31. The number of benzene rings is 2. The van der Waals surface area contributed by atoms with Crippen molar-refractivity contribution < 1.29 is 19.1 Å². The van der Waals surface area contributed by atoms with Gasteiger partial charge in [-0.05, 0) is 36.2 Å². The minimum absolute atomic E-state index is 0. The smallest absolute Gasteiger partial charge is 0.286 e. The second kappa shape index (κ2) is 9.17. The normalized spacial score (nSPS) is 16.0. The maximum atomic E-state index is 12.1. The van der Waals surface area contributed by atoms with Gasteiger partial charge in [0.25, 0.3) is 5.24 Å². The first-order chi connectivity index (χ1) is 12.0. The zero-order chi connectivity index (χ0) is 17.8. The van der Waals surface area contributed by atoms with Gasteiger partial charge in [-0.2, -0.15) is 9.90 Å². The number of carbonyl (C=O) groups excluding carboxylic acids is 3. The third-order valence-corrected chi connectivity index (χ3v) is 4.84. The molecule has 0 saturated carbocycles. The molecule has 2 atom stereocenters. The number of rotatable bonds is 6. The van der Waals surface area contributed by atoms with Crippen LogP contribution in [-0.2, 0) is 11.2 Å². The molecule has 1 aliphatic rings. The minimum atomic E-state index is -0.399. The molecule has 3 rings (SSSR count). The molecule has 1 N–H and O–H groups in total. The summed E-state index contributed by atoms with van der Waals surface area (Å²) < 4.78 is 5.49. The Morgan fingerprint density at radius 1 is 1.15 bits per heavy atom. The van der Waals surface area contributed by atoms with E-state index in [0.29, 0.717) is 22.8 Å². The molecule has 1 saturated heterocycles. The maximum absolute atomic E-state index is 12.1. The Hall–Kier alpha value is -1.88. The molecule has 1 aliphatic heterocycles. The van der Waals surface area contributed by atoms with E-state index >= 15 is 0 Å². The second-order valence-electron chi connectivity index (χ2n) is 5.45. The summed E-state index contributed by atoms with van der Waals surface area (Å²) in [6.07, 6.45) is 0.462. The SMILES string of the molecule is O=C1NC(=O)C(Cc2ccc(OCC(=O)c3cccc(Cl)c3)cc2)S1.P. The van der Waals surface area contributed by atoms with Crippen LogP contribution in [0.4, 0.5) is 4.79 Å². The van der Waals surface area contributed by atoms with E-state index in [4.69, 9.17) is 16.3 Å². The van der Waals surface area contributed by atoms with Crippen LogP contribution in [0.2, 0.25) is 5.02 Å². The summed E-state index contributed by atoms with van der Waals surface area (Å²) in [6, 6.07) is 13.8. The van der Waals surface area contributed by atoms with E-state index in [-0.39, 0.29) is 33.4 Å². The first-order valence-electron chi connectivity index (χ1n) is 7.53. The van der Waals surface area contributed by atoms with Crippen molar-refractivity contribution in [2.45, 2.75) is 11.7 Å². The Morgan fingerprint density at radius 3 is 2.50 bits per heavy atom. The van der Waals surface area contributed by atoms with Crippen LogP contribution in [0.15, 0.2) is 48.5 Å². The Bertz CT molecular complexity index is 828. The van der Waals surface area contributed by atoms with E-state index in [0.717, 1.165) is 17.3 Å². The van der Waals surface area contributed by atoms with Crippen molar-refractivity contribution in [3.8, 4) is 5.75 Å². The predicted molar refractivity (Wildman–Crippen MR) is 107 cm³/mol. The van der Waals surface area contributed by atoms with Crippen LogP contribution < -0.4 is 10.1 Å². The highest BCUT2D eigenvalue weighted by molar-refractivity contribution is 8.15. The van der Waals surface area contributed by atoms with Gasteiger partial charge in [-0.25, -0.2) is 0 Å². The lowest BCUT2D eigenvalue weighted by molar-refractivity contribution is -0.118. The molecular weight excluding hydrogens is 393 g/mol. The van der Waals surface area contributed by atoms with Gasteiger partial charge in [0.05, 0.1) is 5.25 Å². The molecule has 2 amide bonds. The molecular formula is C18H17ClNO4PS. The summed E-state index contributed by atoms with van der Waals surface area (Å²) in [5.74, 6) is 0.130. The lowest BCUT2D eigenvalue weighted by Gasteiger charge is -2.08. The largest absolute Gasteiger partial charge is 0.485 e. The Kier molecular flexibility index (Phi) is 7.21. The molecule has 136 valence electrons. The van der Waals surface area contributed by atoms with E-state index in [9.17, 15) is 14.4 Å². The summed E-state index contributed by atoms with van der Waals surface area (Å²) in [5.41, 5.74) is 1.41. The molecule has 1 heterocycles. The standard InChI is InChI=1S/C18H14ClNO4S.H3P/c19-13-3-1-2-12(9-13)15(21)10-24-14-6-4-11(5-7-14)8-16-17(22)20-18(23)25-16;/h1-7,9,16H,8,10H2,(H,20,22,23);1H3. The van der Waals surface area contributed by atoms with Crippen molar-refractivity contribution in [2.75, 3.05) is 6.61 Å². The molecule has 5 nitrogen and oxygen atoms in total. The Balaban J connectivity index is 0.00000243. The van der Waals surface area contributed by atoms with Gasteiger partial charge >= 0.3 is 0 Å². The fourth-order valence-corrected chi connectivity index (χ4v) is 3.41. The van der Waals surface area contributed by atoms with Crippen LogP contribution in [-0.4, -0.2) is 28.8 Å². The molecule has 2 aromatic rings. The van der Waals surface area contributed by atoms with E-state index < -0.39 is 5.25 Å². The highest BCUT2D eigenvalue weighted by Crippen LogP contribution is 2.24. The van der Waals surface area contributed by atoms with Gasteiger partial charge < -0.3 is 4.74 Å². The Labute approximate surface area is 163 Å². The van der Waals surface area contributed by atoms with Gasteiger partial charge in [-0.15, -0.1) is 0 Å². The predicted octanol–water partition coefficient (Wildman–Crippen LogP) is 3.55. The van der Waals surface area contributed by atoms with Gasteiger partial charge in [0.2, 0.25) is 5.91 Å². The quantitative estimate of drug-likeness (QED) is 0.583. The van der Waals surface area contributed by atoms with E-state index in [1.807, 2.05) is 12.1 Å². The van der Waals surface area contributed by atoms with Crippen LogP contribution in [0.1, 0.15) is 15.9 Å². The molecule has 0 aliphatic carbocycles. The van der Waals surface area contributed by atoms with Gasteiger partial charge in [0, 0.05) is 10.6 Å². The number of ether oxygens (including phenoxy) is 1. The summed E-state index contributed by atoms with van der Waals surface area (Å²) in [7, 11) is 0. The highest BCUT2D eigenvalue weighted by atomic mass is 35.5. The van der Waals surface area contributed by atoms with Gasteiger partial charge in [-0.3, -0.25) is 19.7 Å². The monoisotopic (exact) mass is 409 g/mol. The zero-order valence-electron chi connectivity index (χ0n) is 13.7. The van der Waals surface area contributed by atoms with Crippen molar-refractivity contribution >= 4 is 50.2 Å². The number of imide groups is 1. The highest BCUT2D eigenvalue weighted by Gasteiger charge is 2.31. The number of amides is 2. The Morgan fingerprint density at radius 2 is 1.88 bits per heavy atom. The average molecular weight is 410 g/mol. The number of Topliss-reactive ketones (excluding diaryl/α,β-unsaturated/α-hetero) is 1. The van der Waals surface area contributed by atoms with Crippen LogP contribution in [0.5, 0.6) is 5.75 Å². The first-order valence-corrected chi connectivity index (χ1v) is 8.79. The summed E-state index contributed by atoms with van der Waals surface area (Å²) in [5, 5.41) is 2.06. The molecule has 0 bridgehead atoms. The molecule has 0 aromatic heterocycles. The van der Waals surface area contributed by atoms with Crippen molar-refractivity contribution in [1.29, 1.82) is 0 Å². The van der Waals surface area contributed by atoms with Crippen molar-refractivity contribution in [3.63, 3.8) is 0 Å². The number of carbonyl (C=O) groups is 3. The average Bonchev–Trinajstić information content (AvgIpc) is 2.91. The summed E-state index contributed by atoms with van der Waals surface area (Å²) in [4.78, 5) is 34.8. The lowest BCUT2D eigenvalue weighted by atomic mass is 10.1. The van der Waals surface area contributed by atoms with E-state index in [1.54, 1.807) is 36.4 Å². The zero-order valence-corrected chi connectivity index (χ0v) is 16.7. The molecule has 0 spiro atoms. The fraction of sp³-hybridized carbons (Fsp3) is 0.167. The van der Waals surface area contributed by atoms with Gasteiger partial charge in [-0.1, -0.05) is 47.6 Å². The summed E-state index contributed by atoms with van der Waals surface area (Å²) in [6.45, 7) is -0.0882. The van der Waals surface area contributed by atoms with Crippen LogP contribution in [0, 0.1) is 0 Å². The van der Waals surface area contributed by atoms with Crippen molar-refractivity contribution in [2.24, 2.45) is 0 Å². The molecule has 2 aromatic carbocycles. The first kappa shape index (κ1) is 20.4. The third-order valence-electron chi connectivity index (χ3n) is 3.63. The van der Waals surface area contributed by atoms with E-state index in [2.05, 4.69) is 5.32 Å². The van der Waals surface area contributed by atoms with Crippen molar-refractivity contribution in [1.82, 2.24) is 5.32 Å². The second-order valence-corrected chi connectivity index (χ2v) is 7.07.